The molecule has 166 valence electrons. The Morgan fingerprint density at radius 3 is 2.16 bits per heavy atom. The first-order valence-corrected chi connectivity index (χ1v) is 10.7. The molecule has 0 amide bonds. The van der Waals surface area contributed by atoms with Crippen LogP contribution < -0.4 is 9.80 Å². The van der Waals surface area contributed by atoms with Crippen molar-refractivity contribution in [1.29, 1.82) is 0 Å². The van der Waals surface area contributed by atoms with E-state index in [1.807, 2.05) is 78.9 Å². The predicted molar refractivity (Wildman–Crippen MR) is 124 cm³/mol. The molecule has 3 atom stereocenters. The summed E-state index contributed by atoms with van der Waals surface area (Å²) in [6.07, 6.45) is -0.737. The van der Waals surface area contributed by atoms with E-state index in [0.29, 0.717) is 5.75 Å². The Bertz CT molecular complexity index is 1080. The maximum Gasteiger partial charge on any atom is 0.272 e. The molecular weight excluding hydrogens is 404 g/mol. The Morgan fingerprint density at radius 1 is 0.969 bits per heavy atom. The highest BCUT2D eigenvalue weighted by Crippen LogP contribution is 2.48. The number of ether oxygens (including phenoxy) is 1. The molecule has 0 aliphatic carbocycles. The fourth-order valence-electron chi connectivity index (χ4n) is 4.22. The number of benzene rings is 3. The van der Waals surface area contributed by atoms with E-state index in [0.717, 1.165) is 22.4 Å². The molecule has 3 aromatic carbocycles. The zero-order chi connectivity index (χ0) is 22.9. The van der Waals surface area contributed by atoms with Gasteiger partial charge in [-0.3, -0.25) is 15.0 Å². The number of hydroxylamine groups is 1. The van der Waals surface area contributed by atoms with E-state index >= 15 is 0 Å². The zero-order valence-electron chi connectivity index (χ0n) is 18.8. The van der Waals surface area contributed by atoms with E-state index in [1.165, 1.54) is 0 Å². The predicted octanol–water partition coefficient (Wildman–Crippen LogP) is 5.87. The Hall–Kier alpha value is -3.38. The Kier molecular flexibility index (Phi) is 5.89. The number of methoxy groups -OCH3 is 1. The van der Waals surface area contributed by atoms with Crippen LogP contribution in [-0.4, -0.2) is 18.1 Å². The van der Waals surface area contributed by atoms with E-state index in [-0.39, 0.29) is 10.3 Å². The molecular formula is C26H28N2O4. The van der Waals surface area contributed by atoms with E-state index < -0.39 is 18.2 Å². The van der Waals surface area contributed by atoms with Crippen molar-refractivity contribution in [1.82, 2.24) is 0 Å². The van der Waals surface area contributed by atoms with Gasteiger partial charge in [0.25, 0.3) is 6.04 Å². The minimum Gasteiger partial charge on any atom is -0.496 e. The molecule has 0 N–H and O–H groups in total. The fraction of sp³-hybridized carbons (Fsp3) is 0.308. The number of hydrogen-bond acceptors (Lipinski definition) is 5. The number of hydrogen-bond donors (Lipinski definition) is 0. The summed E-state index contributed by atoms with van der Waals surface area (Å²) in [5, 5.41) is 14.2. The van der Waals surface area contributed by atoms with Gasteiger partial charge in [0, 0.05) is 10.5 Å². The second-order valence-electron chi connectivity index (χ2n) is 9.03. The van der Waals surface area contributed by atoms with Gasteiger partial charge in [0.1, 0.15) is 5.75 Å². The van der Waals surface area contributed by atoms with Crippen molar-refractivity contribution in [2.24, 2.45) is 0 Å². The zero-order valence-corrected chi connectivity index (χ0v) is 18.8. The molecule has 0 aromatic heterocycles. The molecule has 0 spiro atoms. The molecule has 0 unspecified atom stereocenters. The van der Waals surface area contributed by atoms with Crippen molar-refractivity contribution in [3.05, 3.63) is 106 Å². The van der Waals surface area contributed by atoms with Crippen LogP contribution in [0.5, 0.6) is 5.75 Å². The highest BCUT2D eigenvalue weighted by molar-refractivity contribution is 5.52. The average molecular weight is 433 g/mol. The molecule has 6 heteroatoms. The van der Waals surface area contributed by atoms with Gasteiger partial charge in [-0.1, -0.05) is 75.4 Å². The van der Waals surface area contributed by atoms with Gasteiger partial charge in [-0.2, -0.15) is 0 Å². The number of nitro groups is 1. The molecule has 0 saturated carbocycles. The van der Waals surface area contributed by atoms with Crippen molar-refractivity contribution < 1.29 is 14.5 Å². The first-order chi connectivity index (χ1) is 15.3. The van der Waals surface area contributed by atoms with Crippen LogP contribution in [0.3, 0.4) is 0 Å². The van der Waals surface area contributed by atoms with Gasteiger partial charge in [-0.15, -0.1) is 0 Å². The number of nitrogens with zero attached hydrogens (tertiary/aromatic N) is 2. The lowest BCUT2D eigenvalue weighted by atomic mass is 9.83. The molecule has 4 rings (SSSR count). The van der Waals surface area contributed by atoms with E-state index in [9.17, 15) is 10.1 Å². The number of anilines is 1. The third-order valence-electron chi connectivity index (χ3n) is 5.91. The normalized spacial score (nSPS) is 20.9. The molecule has 32 heavy (non-hydrogen) atoms. The van der Waals surface area contributed by atoms with Crippen molar-refractivity contribution in [3.63, 3.8) is 0 Å². The second kappa shape index (κ2) is 8.63. The summed E-state index contributed by atoms with van der Waals surface area (Å²) in [5.74, 6) is 0.605. The summed E-state index contributed by atoms with van der Waals surface area (Å²) in [7, 11) is 1.59. The minimum absolute atomic E-state index is 0.124. The third-order valence-corrected chi connectivity index (χ3v) is 5.91. The monoisotopic (exact) mass is 432 g/mol. The van der Waals surface area contributed by atoms with Crippen molar-refractivity contribution in [3.8, 4) is 5.75 Å². The SMILES string of the molecule is COc1ccc(C(C)(C)C)cc1[C@@H]1[C@@H]([N+](=O)[O-])[C@H](c2ccccc2)ON1c1ccccc1. The summed E-state index contributed by atoms with van der Waals surface area (Å²) in [6.45, 7) is 6.36. The topological polar surface area (TPSA) is 64.8 Å². The summed E-state index contributed by atoms with van der Waals surface area (Å²) in [4.78, 5) is 18.6. The summed E-state index contributed by atoms with van der Waals surface area (Å²) < 4.78 is 5.67. The summed E-state index contributed by atoms with van der Waals surface area (Å²) in [5.41, 5.74) is 3.21. The lowest BCUT2D eigenvalue weighted by Crippen LogP contribution is -2.33. The van der Waals surface area contributed by atoms with Gasteiger partial charge in [0.2, 0.25) is 0 Å². The molecule has 0 bridgehead atoms. The first-order valence-electron chi connectivity index (χ1n) is 10.7. The number of rotatable bonds is 5. The van der Waals surface area contributed by atoms with E-state index in [1.54, 1.807) is 12.2 Å². The van der Waals surface area contributed by atoms with E-state index in [2.05, 4.69) is 20.8 Å². The first kappa shape index (κ1) is 21.8. The van der Waals surface area contributed by atoms with Crippen LogP contribution in [0.1, 0.15) is 49.6 Å². The van der Waals surface area contributed by atoms with Crippen LogP contribution in [-0.2, 0) is 10.3 Å². The molecule has 1 fully saturated rings. The number of para-hydroxylation sites is 1. The van der Waals surface area contributed by atoms with Crippen LogP contribution in [0, 0.1) is 10.1 Å². The lowest BCUT2D eigenvalue weighted by Gasteiger charge is -2.28. The van der Waals surface area contributed by atoms with Gasteiger partial charge in [0.15, 0.2) is 12.1 Å². The van der Waals surface area contributed by atoms with Gasteiger partial charge in [-0.05, 0) is 40.8 Å². The van der Waals surface area contributed by atoms with Crippen LogP contribution in [0.4, 0.5) is 5.69 Å². The second-order valence-corrected chi connectivity index (χ2v) is 9.03. The van der Waals surface area contributed by atoms with Gasteiger partial charge >= 0.3 is 0 Å². The Labute approximate surface area is 188 Å². The molecule has 1 aliphatic heterocycles. The van der Waals surface area contributed by atoms with Crippen molar-refractivity contribution >= 4 is 5.69 Å². The Morgan fingerprint density at radius 2 is 1.59 bits per heavy atom. The lowest BCUT2D eigenvalue weighted by molar-refractivity contribution is -0.531. The maximum absolute atomic E-state index is 12.5. The quantitative estimate of drug-likeness (QED) is 0.372. The van der Waals surface area contributed by atoms with Crippen LogP contribution in [0.2, 0.25) is 0 Å². The summed E-state index contributed by atoms with van der Waals surface area (Å²) in [6, 6.07) is 23.1. The summed E-state index contributed by atoms with van der Waals surface area (Å²) >= 11 is 0. The van der Waals surface area contributed by atoms with Crippen LogP contribution in [0.25, 0.3) is 0 Å². The molecule has 1 heterocycles. The minimum atomic E-state index is -1.03. The molecule has 3 aromatic rings. The Balaban J connectivity index is 1.92. The molecule has 1 saturated heterocycles. The highest BCUT2D eigenvalue weighted by atomic mass is 16.7. The standard InChI is InChI=1S/C26H28N2O4/c1-26(2,3)19-15-16-22(31-4)21(17-19)23-24(28(29)30)25(18-11-7-5-8-12-18)32-27(23)20-13-9-6-10-14-20/h5-17,23-25H,1-4H3/t23-,24-,25+/m1/s1. The third kappa shape index (κ3) is 4.06. The van der Waals surface area contributed by atoms with Crippen LogP contribution >= 0.6 is 0 Å². The molecule has 0 radical (unpaired) electrons. The van der Waals surface area contributed by atoms with Gasteiger partial charge in [-0.25, -0.2) is 5.06 Å². The van der Waals surface area contributed by atoms with Crippen molar-refractivity contribution in [2.75, 3.05) is 12.2 Å². The van der Waals surface area contributed by atoms with Gasteiger partial charge < -0.3 is 4.74 Å². The fourth-order valence-corrected chi connectivity index (χ4v) is 4.22. The van der Waals surface area contributed by atoms with E-state index in [4.69, 9.17) is 9.57 Å². The smallest absolute Gasteiger partial charge is 0.272 e. The van der Waals surface area contributed by atoms with Crippen molar-refractivity contribution in [2.45, 2.75) is 44.4 Å². The largest absolute Gasteiger partial charge is 0.496 e. The van der Waals surface area contributed by atoms with Crippen LogP contribution in [0.15, 0.2) is 78.9 Å². The van der Waals surface area contributed by atoms with Gasteiger partial charge in [0.05, 0.1) is 12.8 Å². The molecule has 6 nitrogen and oxygen atoms in total. The average Bonchev–Trinajstić information content (AvgIpc) is 3.20. The molecule has 1 aliphatic rings. The highest BCUT2D eigenvalue weighted by Gasteiger charge is 2.54. The maximum atomic E-state index is 12.5.